The predicted molar refractivity (Wildman–Crippen MR) is 122 cm³/mol. The summed E-state index contributed by atoms with van der Waals surface area (Å²) in [5.74, 6) is 3.23. The van der Waals surface area contributed by atoms with Gasteiger partial charge in [0.25, 0.3) is 0 Å². The average Bonchev–Trinajstić information content (AvgIpc) is 3.46. The van der Waals surface area contributed by atoms with Crippen LogP contribution in [-0.4, -0.2) is 39.9 Å². The van der Waals surface area contributed by atoms with Crippen molar-refractivity contribution >= 4 is 22.1 Å². The molecule has 6 rings (SSSR count). The number of hydrogen-bond acceptors (Lipinski definition) is 6. The Morgan fingerprint density at radius 1 is 0.562 bits per heavy atom. The Kier molecular flexibility index (Phi) is 4.39. The summed E-state index contributed by atoms with van der Waals surface area (Å²) >= 11 is 0. The van der Waals surface area contributed by atoms with Crippen molar-refractivity contribution in [2.75, 3.05) is 0 Å². The molecule has 32 heavy (non-hydrogen) atoms. The zero-order valence-electron chi connectivity index (χ0n) is 17.0. The molecule has 6 aromatic rings. The second kappa shape index (κ2) is 7.66. The molecule has 2 N–H and O–H groups in total. The standard InChI is InChI=1S/C24H18N8/c1-9-25-23(26-10-1)15-3-5-17-19(13-15)31-21(29-17)7-8-22-30-18-6-4-16(14-20(18)32-22)24-27-11-2-12-28-24/h1-6,9-14H,7-8H2,(H,29,31)(H,30,32). The molecule has 0 aliphatic rings. The monoisotopic (exact) mass is 418 g/mol. The Morgan fingerprint density at radius 2 is 1.00 bits per heavy atom. The van der Waals surface area contributed by atoms with Crippen LogP contribution in [0.3, 0.4) is 0 Å². The maximum absolute atomic E-state index is 4.75. The molecule has 0 fully saturated rings. The highest BCUT2D eigenvalue weighted by Crippen LogP contribution is 2.22. The van der Waals surface area contributed by atoms with E-state index >= 15 is 0 Å². The first-order chi connectivity index (χ1) is 15.8. The fourth-order valence-electron chi connectivity index (χ4n) is 3.77. The highest BCUT2D eigenvalue weighted by atomic mass is 14.9. The van der Waals surface area contributed by atoms with Crippen LogP contribution in [0, 0.1) is 0 Å². The third-order valence-corrected chi connectivity index (χ3v) is 5.31. The minimum atomic E-state index is 0.696. The second-order valence-corrected chi connectivity index (χ2v) is 7.48. The van der Waals surface area contributed by atoms with Crippen molar-refractivity contribution in [3.05, 3.63) is 85.0 Å². The fourth-order valence-corrected chi connectivity index (χ4v) is 3.77. The molecule has 0 bridgehead atoms. The topological polar surface area (TPSA) is 109 Å². The van der Waals surface area contributed by atoms with Crippen LogP contribution in [0.25, 0.3) is 44.8 Å². The largest absolute Gasteiger partial charge is 0.342 e. The van der Waals surface area contributed by atoms with E-state index in [1.807, 2.05) is 48.5 Å². The number of H-pyrrole nitrogens is 2. The van der Waals surface area contributed by atoms with Crippen LogP contribution in [0.5, 0.6) is 0 Å². The number of nitrogens with one attached hydrogen (secondary N) is 2. The van der Waals surface area contributed by atoms with Crippen LogP contribution < -0.4 is 0 Å². The SMILES string of the molecule is c1cnc(-c2ccc3[nH]c(CCc4nc5cc(-c6ncccn6)ccc5[nH]4)nc3c2)nc1. The molecular weight excluding hydrogens is 400 g/mol. The molecule has 2 aromatic carbocycles. The van der Waals surface area contributed by atoms with Gasteiger partial charge in [-0.05, 0) is 48.5 Å². The summed E-state index contributed by atoms with van der Waals surface area (Å²) in [5, 5.41) is 0. The van der Waals surface area contributed by atoms with Crippen molar-refractivity contribution in [2.24, 2.45) is 0 Å². The van der Waals surface area contributed by atoms with Gasteiger partial charge in [0, 0.05) is 48.8 Å². The lowest BCUT2D eigenvalue weighted by atomic mass is 10.2. The molecular formula is C24H18N8. The summed E-state index contributed by atoms with van der Waals surface area (Å²) in [6.07, 6.45) is 8.47. The van der Waals surface area contributed by atoms with E-state index in [-0.39, 0.29) is 0 Å². The molecule has 0 unspecified atom stereocenters. The molecule has 8 heteroatoms. The van der Waals surface area contributed by atoms with E-state index in [2.05, 4.69) is 29.9 Å². The Morgan fingerprint density at radius 3 is 1.44 bits per heavy atom. The Bertz CT molecular complexity index is 1400. The number of aromatic nitrogens is 8. The molecule has 0 aliphatic carbocycles. The number of aromatic amines is 2. The minimum Gasteiger partial charge on any atom is -0.342 e. The molecule has 0 amide bonds. The lowest BCUT2D eigenvalue weighted by Gasteiger charge is -1.98. The molecule has 154 valence electrons. The van der Waals surface area contributed by atoms with Gasteiger partial charge in [-0.1, -0.05) is 0 Å². The van der Waals surface area contributed by atoms with Crippen molar-refractivity contribution < 1.29 is 0 Å². The van der Waals surface area contributed by atoms with E-state index in [0.717, 1.165) is 57.7 Å². The first-order valence-corrected chi connectivity index (χ1v) is 10.3. The smallest absolute Gasteiger partial charge is 0.159 e. The van der Waals surface area contributed by atoms with Crippen LogP contribution in [-0.2, 0) is 12.8 Å². The van der Waals surface area contributed by atoms with Gasteiger partial charge >= 0.3 is 0 Å². The zero-order valence-corrected chi connectivity index (χ0v) is 17.0. The summed E-state index contributed by atoms with van der Waals surface area (Å²) in [5.41, 5.74) is 5.70. The summed E-state index contributed by atoms with van der Waals surface area (Å²) in [7, 11) is 0. The molecule has 0 saturated heterocycles. The Balaban J connectivity index is 1.22. The normalized spacial score (nSPS) is 11.4. The van der Waals surface area contributed by atoms with Crippen molar-refractivity contribution in [1.82, 2.24) is 39.9 Å². The molecule has 0 aliphatic heterocycles. The summed E-state index contributed by atoms with van der Waals surface area (Å²) < 4.78 is 0. The van der Waals surface area contributed by atoms with E-state index in [1.165, 1.54) is 0 Å². The maximum Gasteiger partial charge on any atom is 0.159 e. The number of rotatable bonds is 5. The van der Waals surface area contributed by atoms with Gasteiger partial charge in [0.05, 0.1) is 22.1 Å². The van der Waals surface area contributed by atoms with Gasteiger partial charge in [-0.3, -0.25) is 0 Å². The zero-order chi connectivity index (χ0) is 21.3. The quantitative estimate of drug-likeness (QED) is 0.436. The average molecular weight is 418 g/mol. The highest BCUT2D eigenvalue weighted by Gasteiger charge is 2.10. The molecule has 0 radical (unpaired) electrons. The van der Waals surface area contributed by atoms with Gasteiger partial charge in [0.15, 0.2) is 11.6 Å². The van der Waals surface area contributed by atoms with E-state index < -0.39 is 0 Å². The van der Waals surface area contributed by atoms with Crippen molar-refractivity contribution in [3.63, 3.8) is 0 Å². The van der Waals surface area contributed by atoms with E-state index in [1.54, 1.807) is 24.8 Å². The fraction of sp³-hybridized carbons (Fsp3) is 0.0833. The summed E-state index contributed by atoms with van der Waals surface area (Å²) in [4.78, 5) is 33.6. The molecule has 4 heterocycles. The van der Waals surface area contributed by atoms with Gasteiger partial charge < -0.3 is 9.97 Å². The predicted octanol–water partition coefficient (Wildman–Crippen LogP) is 4.14. The third kappa shape index (κ3) is 3.47. The van der Waals surface area contributed by atoms with Crippen LogP contribution in [0.2, 0.25) is 0 Å². The summed E-state index contributed by atoms with van der Waals surface area (Å²) in [6.45, 7) is 0. The molecule has 0 atom stereocenters. The van der Waals surface area contributed by atoms with Gasteiger partial charge in [0.1, 0.15) is 11.6 Å². The number of benzene rings is 2. The van der Waals surface area contributed by atoms with E-state index in [4.69, 9.17) is 9.97 Å². The Labute approximate surface area is 182 Å². The molecule has 0 spiro atoms. The highest BCUT2D eigenvalue weighted by molar-refractivity contribution is 5.81. The molecule has 4 aromatic heterocycles. The maximum atomic E-state index is 4.75. The first kappa shape index (κ1) is 18.3. The third-order valence-electron chi connectivity index (χ3n) is 5.31. The van der Waals surface area contributed by atoms with Crippen LogP contribution in [0.4, 0.5) is 0 Å². The molecule has 0 saturated carbocycles. The first-order valence-electron chi connectivity index (χ1n) is 10.3. The van der Waals surface area contributed by atoms with Crippen molar-refractivity contribution in [2.45, 2.75) is 12.8 Å². The lowest BCUT2D eigenvalue weighted by Crippen LogP contribution is -1.95. The minimum absolute atomic E-state index is 0.696. The summed E-state index contributed by atoms with van der Waals surface area (Å²) in [6, 6.07) is 15.7. The van der Waals surface area contributed by atoms with Gasteiger partial charge in [-0.15, -0.1) is 0 Å². The van der Waals surface area contributed by atoms with Crippen LogP contribution in [0.1, 0.15) is 11.6 Å². The number of fused-ring (bicyclic) bond motifs is 2. The lowest BCUT2D eigenvalue weighted by molar-refractivity contribution is 0.844. The second-order valence-electron chi connectivity index (χ2n) is 7.48. The number of nitrogens with zero attached hydrogens (tertiary/aromatic N) is 6. The van der Waals surface area contributed by atoms with Crippen LogP contribution >= 0.6 is 0 Å². The van der Waals surface area contributed by atoms with E-state index in [0.29, 0.717) is 11.6 Å². The van der Waals surface area contributed by atoms with E-state index in [9.17, 15) is 0 Å². The van der Waals surface area contributed by atoms with Gasteiger partial charge in [-0.25, -0.2) is 29.9 Å². The van der Waals surface area contributed by atoms with Gasteiger partial charge in [-0.2, -0.15) is 0 Å². The number of aryl methyl sites for hydroxylation is 2. The van der Waals surface area contributed by atoms with Crippen LogP contribution in [0.15, 0.2) is 73.3 Å². The van der Waals surface area contributed by atoms with Crippen molar-refractivity contribution in [3.8, 4) is 22.8 Å². The molecule has 8 nitrogen and oxygen atoms in total. The number of hydrogen-bond donors (Lipinski definition) is 2. The van der Waals surface area contributed by atoms with Crippen molar-refractivity contribution in [1.29, 1.82) is 0 Å². The number of imidazole rings is 2. The Hall–Kier alpha value is -4.46. The van der Waals surface area contributed by atoms with Gasteiger partial charge in [0.2, 0.25) is 0 Å².